The Kier molecular flexibility index (Phi) is 9.10. The number of hydrogen-bond donors (Lipinski definition) is 1. The summed E-state index contributed by atoms with van der Waals surface area (Å²) in [5.74, 6) is -0.883. The molecular formula is C27H28FNO7. The number of carbonyl (C=O) groups is 2. The van der Waals surface area contributed by atoms with E-state index in [0.29, 0.717) is 22.6 Å². The fourth-order valence-corrected chi connectivity index (χ4v) is 3.75. The lowest BCUT2D eigenvalue weighted by atomic mass is 10.1. The van der Waals surface area contributed by atoms with Crippen LogP contribution in [0.3, 0.4) is 0 Å². The van der Waals surface area contributed by atoms with Crippen molar-refractivity contribution in [1.82, 2.24) is 4.90 Å². The molecule has 0 aliphatic heterocycles. The van der Waals surface area contributed by atoms with Crippen molar-refractivity contribution in [2.24, 2.45) is 0 Å². The van der Waals surface area contributed by atoms with E-state index in [9.17, 15) is 19.1 Å². The number of aromatic carboxylic acids is 1. The fourth-order valence-electron chi connectivity index (χ4n) is 3.75. The summed E-state index contributed by atoms with van der Waals surface area (Å²) in [6, 6.07) is 16.1. The maximum atomic E-state index is 14.2. The third kappa shape index (κ3) is 6.24. The van der Waals surface area contributed by atoms with Crippen LogP contribution in [-0.2, 0) is 17.8 Å². The molecule has 0 aliphatic carbocycles. The van der Waals surface area contributed by atoms with Gasteiger partial charge in [0.05, 0.1) is 21.3 Å². The van der Waals surface area contributed by atoms with Crippen molar-refractivity contribution < 1.29 is 38.0 Å². The van der Waals surface area contributed by atoms with Crippen molar-refractivity contribution in [2.45, 2.75) is 13.0 Å². The Morgan fingerprint density at radius 2 is 1.47 bits per heavy atom. The largest absolute Gasteiger partial charge is 0.493 e. The van der Waals surface area contributed by atoms with Gasteiger partial charge in [0.1, 0.15) is 11.4 Å². The monoisotopic (exact) mass is 497 g/mol. The van der Waals surface area contributed by atoms with Gasteiger partial charge in [-0.05, 0) is 36.2 Å². The summed E-state index contributed by atoms with van der Waals surface area (Å²) in [7, 11) is 4.40. The topological polar surface area (TPSA) is 94.5 Å². The minimum atomic E-state index is -1.21. The first kappa shape index (κ1) is 26.3. The average Bonchev–Trinajstić information content (AvgIpc) is 2.89. The highest BCUT2D eigenvalue weighted by atomic mass is 19.1. The van der Waals surface area contributed by atoms with Crippen LogP contribution in [0.2, 0.25) is 0 Å². The van der Waals surface area contributed by atoms with Crippen molar-refractivity contribution in [3.05, 3.63) is 83.2 Å². The molecule has 0 unspecified atom stereocenters. The summed E-state index contributed by atoms with van der Waals surface area (Å²) < 4.78 is 35.9. The van der Waals surface area contributed by atoms with Crippen LogP contribution in [0.4, 0.5) is 4.39 Å². The number of rotatable bonds is 12. The predicted octanol–water partition coefficient (Wildman–Crippen LogP) is 4.20. The van der Waals surface area contributed by atoms with Gasteiger partial charge in [-0.25, -0.2) is 9.18 Å². The molecule has 0 spiro atoms. The molecule has 3 rings (SSSR count). The van der Waals surface area contributed by atoms with Crippen LogP contribution in [0.1, 0.15) is 21.5 Å². The van der Waals surface area contributed by atoms with Crippen LogP contribution in [-0.4, -0.2) is 56.4 Å². The second kappa shape index (κ2) is 12.4. The maximum absolute atomic E-state index is 14.2. The van der Waals surface area contributed by atoms with E-state index in [1.54, 1.807) is 42.5 Å². The van der Waals surface area contributed by atoms with E-state index in [4.69, 9.17) is 18.9 Å². The van der Waals surface area contributed by atoms with Crippen LogP contribution in [0.5, 0.6) is 23.0 Å². The van der Waals surface area contributed by atoms with E-state index in [2.05, 4.69) is 0 Å². The molecule has 1 amide bonds. The molecule has 0 atom stereocenters. The lowest BCUT2D eigenvalue weighted by molar-refractivity contribution is -0.134. The fraction of sp³-hybridized carbons (Fsp3) is 0.259. The number of methoxy groups -OCH3 is 3. The van der Waals surface area contributed by atoms with Crippen LogP contribution in [0.15, 0.2) is 60.7 Å². The van der Waals surface area contributed by atoms with E-state index < -0.39 is 18.5 Å². The Bertz CT molecular complexity index is 1210. The molecule has 0 saturated heterocycles. The van der Waals surface area contributed by atoms with E-state index in [1.807, 2.05) is 0 Å². The van der Waals surface area contributed by atoms with E-state index in [0.717, 1.165) is 0 Å². The smallest absolute Gasteiger partial charge is 0.339 e. The first-order valence-electron chi connectivity index (χ1n) is 11.1. The lowest BCUT2D eigenvalue weighted by Crippen LogP contribution is -2.36. The van der Waals surface area contributed by atoms with Crippen LogP contribution in [0.25, 0.3) is 0 Å². The molecular weight excluding hydrogens is 469 g/mol. The maximum Gasteiger partial charge on any atom is 0.339 e. The summed E-state index contributed by atoms with van der Waals surface area (Å²) >= 11 is 0. The third-order valence-electron chi connectivity index (χ3n) is 5.58. The molecule has 0 aromatic heterocycles. The number of ether oxygens (including phenoxy) is 4. The minimum absolute atomic E-state index is 0.0473. The second-order valence-electron chi connectivity index (χ2n) is 7.74. The van der Waals surface area contributed by atoms with Gasteiger partial charge in [0.25, 0.3) is 5.91 Å². The number of carbonyl (C=O) groups excluding carboxylic acids is 1. The van der Waals surface area contributed by atoms with Crippen molar-refractivity contribution in [3.8, 4) is 23.0 Å². The number of benzene rings is 3. The van der Waals surface area contributed by atoms with Crippen molar-refractivity contribution in [1.29, 1.82) is 0 Å². The second-order valence-corrected chi connectivity index (χ2v) is 7.74. The quantitative estimate of drug-likeness (QED) is 0.401. The number of carboxylic acids is 1. The van der Waals surface area contributed by atoms with Crippen LogP contribution < -0.4 is 18.9 Å². The molecule has 36 heavy (non-hydrogen) atoms. The van der Waals surface area contributed by atoms with Crippen molar-refractivity contribution in [2.75, 3.05) is 34.5 Å². The van der Waals surface area contributed by atoms with E-state index in [1.165, 1.54) is 44.4 Å². The SMILES string of the molecule is COc1cccc(CN(CCc2ccccc2F)C(=O)COc2c(OC)cccc2C(=O)O)c1OC. The summed E-state index contributed by atoms with van der Waals surface area (Å²) in [6.07, 6.45) is 0.264. The van der Waals surface area contributed by atoms with E-state index in [-0.39, 0.29) is 42.4 Å². The molecule has 0 heterocycles. The van der Waals surface area contributed by atoms with Gasteiger partial charge in [0.2, 0.25) is 0 Å². The van der Waals surface area contributed by atoms with Gasteiger partial charge in [0, 0.05) is 18.7 Å². The standard InChI is InChI=1S/C27H28FNO7/c1-33-22-12-6-9-19(25(22)35-3)16-29(15-14-18-8-4-5-11-21(18)28)24(30)17-36-26-20(27(31)32)10-7-13-23(26)34-2/h4-13H,14-17H2,1-3H3,(H,31,32). The summed E-state index contributed by atoms with van der Waals surface area (Å²) in [6.45, 7) is -0.139. The number of halogens is 1. The highest BCUT2D eigenvalue weighted by Gasteiger charge is 2.22. The van der Waals surface area contributed by atoms with Gasteiger partial charge in [-0.3, -0.25) is 4.79 Å². The summed E-state index contributed by atoms with van der Waals surface area (Å²) in [4.78, 5) is 26.4. The van der Waals surface area contributed by atoms with Crippen LogP contribution >= 0.6 is 0 Å². The Morgan fingerprint density at radius 1 is 0.833 bits per heavy atom. The normalized spacial score (nSPS) is 10.4. The van der Waals surface area contributed by atoms with Gasteiger partial charge >= 0.3 is 5.97 Å². The lowest BCUT2D eigenvalue weighted by Gasteiger charge is -2.25. The first-order valence-corrected chi connectivity index (χ1v) is 11.1. The zero-order valence-electron chi connectivity index (χ0n) is 20.3. The average molecular weight is 498 g/mol. The first-order chi connectivity index (χ1) is 17.4. The molecule has 8 nitrogen and oxygen atoms in total. The van der Waals surface area contributed by atoms with Gasteiger partial charge in [-0.15, -0.1) is 0 Å². The zero-order chi connectivity index (χ0) is 26.1. The summed E-state index contributed by atoms with van der Waals surface area (Å²) in [5.41, 5.74) is 1.02. The highest BCUT2D eigenvalue weighted by molar-refractivity contribution is 5.92. The van der Waals surface area contributed by atoms with Crippen LogP contribution in [0, 0.1) is 5.82 Å². The molecule has 0 bridgehead atoms. The zero-order valence-corrected chi connectivity index (χ0v) is 20.3. The van der Waals surface area contributed by atoms with Gasteiger partial charge < -0.3 is 29.0 Å². The highest BCUT2D eigenvalue weighted by Crippen LogP contribution is 2.33. The molecule has 9 heteroatoms. The molecule has 3 aromatic carbocycles. The number of amides is 1. The predicted molar refractivity (Wildman–Crippen MR) is 131 cm³/mol. The Morgan fingerprint density at radius 3 is 2.11 bits per heavy atom. The molecule has 0 radical (unpaired) electrons. The molecule has 0 aliphatic rings. The van der Waals surface area contributed by atoms with E-state index >= 15 is 0 Å². The van der Waals surface area contributed by atoms with Crippen molar-refractivity contribution >= 4 is 11.9 Å². The van der Waals surface area contributed by atoms with Gasteiger partial charge in [-0.2, -0.15) is 0 Å². The molecule has 1 N–H and O–H groups in total. The van der Waals surface area contributed by atoms with Gasteiger partial charge in [0.15, 0.2) is 29.6 Å². The molecule has 190 valence electrons. The molecule has 0 saturated carbocycles. The number of para-hydroxylation sites is 2. The molecule has 0 fully saturated rings. The summed E-state index contributed by atoms with van der Waals surface area (Å²) in [5, 5.41) is 9.51. The number of carboxylic acid groups (broad SMARTS) is 1. The Labute approximate surface area is 208 Å². The third-order valence-corrected chi connectivity index (χ3v) is 5.58. The van der Waals surface area contributed by atoms with Crippen molar-refractivity contribution in [3.63, 3.8) is 0 Å². The minimum Gasteiger partial charge on any atom is -0.493 e. The number of hydrogen-bond acceptors (Lipinski definition) is 6. The Balaban J connectivity index is 1.86. The molecule has 3 aromatic rings. The number of nitrogens with zero attached hydrogens (tertiary/aromatic N) is 1. The van der Waals surface area contributed by atoms with Gasteiger partial charge in [-0.1, -0.05) is 36.4 Å². The Hall–Kier alpha value is -4.27.